The number of nitrogens with two attached hydrogens (primary N) is 1. The van der Waals surface area contributed by atoms with E-state index in [-0.39, 0.29) is 11.2 Å². The molecule has 1 fully saturated rings. The molecule has 1 aliphatic carbocycles. The van der Waals surface area contributed by atoms with Crippen LogP contribution >= 0.6 is 0 Å². The first kappa shape index (κ1) is 16.8. The summed E-state index contributed by atoms with van der Waals surface area (Å²) in [6.45, 7) is 4.31. The summed E-state index contributed by atoms with van der Waals surface area (Å²) in [6, 6.07) is 14.2. The maximum atomic E-state index is 12.8. The van der Waals surface area contributed by atoms with Crippen molar-refractivity contribution in [2.45, 2.75) is 39.5 Å². The van der Waals surface area contributed by atoms with Gasteiger partial charge in [-0.3, -0.25) is 4.79 Å². The van der Waals surface area contributed by atoms with Crippen molar-refractivity contribution in [3.63, 3.8) is 0 Å². The molecule has 26 heavy (non-hydrogen) atoms. The highest BCUT2D eigenvalue weighted by Crippen LogP contribution is 2.44. The molecular weight excluding hydrogens is 320 g/mol. The number of pyridine rings is 1. The molecule has 0 bridgehead atoms. The van der Waals surface area contributed by atoms with Crippen LogP contribution in [0, 0.1) is 12.3 Å². The van der Waals surface area contributed by atoms with Gasteiger partial charge in [0.1, 0.15) is 5.82 Å². The van der Waals surface area contributed by atoms with E-state index >= 15 is 0 Å². The lowest BCUT2D eigenvalue weighted by Gasteiger charge is -2.37. The molecule has 0 saturated heterocycles. The van der Waals surface area contributed by atoms with E-state index in [0.717, 1.165) is 40.3 Å². The van der Waals surface area contributed by atoms with Gasteiger partial charge in [-0.2, -0.15) is 0 Å². The smallest absolute Gasteiger partial charge is 0.163 e. The maximum absolute atomic E-state index is 12.8. The Hall–Kier alpha value is -2.68. The highest BCUT2D eigenvalue weighted by molar-refractivity contribution is 5.98. The zero-order chi connectivity index (χ0) is 18.3. The van der Waals surface area contributed by atoms with Gasteiger partial charge in [0.2, 0.25) is 0 Å². The lowest BCUT2D eigenvalue weighted by Crippen LogP contribution is -2.28. The number of hydrogen-bond donors (Lipinski definition) is 1. The number of carbonyl (C=O) groups excluding carboxylic acids is 1. The fourth-order valence-electron chi connectivity index (χ4n) is 3.88. The SMILES string of the molecule is Cc1ccc(C(=O)CC2(C)CCC2)cc1-c1ccc2cc(N)ncc2c1. The molecule has 4 rings (SSSR count). The molecule has 3 heteroatoms. The predicted molar refractivity (Wildman–Crippen MR) is 107 cm³/mol. The van der Waals surface area contributed by atoms with E-state index in [2.05, 4.69) is 43.1 Å². The molecule has 2 N–H and O–H groups in total. The highest BCUT2D eigenvalue weighted by atomic mass is 16.1. The van der Waals surface area contributed by atoms with Crippen molar-refractivity contribution in [3.8, 4) is 11.1 Å². The molecule has 0 radical (unpaired) electrons. The molecule has 2 aromatic carbocycles. The molecule has 0 atom stereocenters. The van der Waals surface area contributed by atoms with Gasteiger partial charge in [0, 0.05) is 23.6 Å². The van der Waals surface area contributed by atoms with E-state index in [9.17, 15) is 4.79 Å². The van der Waals surface area contributed by atoms with Crippen molar-refractivity contribution in [1.29, 1.82) is 0 Å². The zero-order valence-electron chi connectivity index (χ0n) is 15.4. The van der Waals surface area contributed by atoms with Gasteiger partial charge in [-0.15, -0.1) is 0 Å². The summed E-state index contributed by atoms with van der Waals surface area (Å²) in [6.07, 6.45) is 6.03. The van der Waals surface area contributed by atoms with E-state index < -0.39 is 0 Å². The largest absolute Gasteiger partial charge is 0.384 e. The number of aromatic nitrogens is 1. The number of benzene rings is 2. The second kappa shape index (κ2) is 6.24. The van der Waals surface area contributed by atoms with Crippen LogP contribution in [0.25, 0.3) is 21.9 Å². The summed E-state index contributed by atoms with van der Waals surface area (Å²) in [7, 11) is 0. The third-order valence-corrected chi connectivity index (χ3v) is 5.76. The molecule has 3 aromatic rings. The van der Waals surface area contributed by atoms with Crippen molar-refractivity contribution in [2.75, 3.05) is 5.73 Å². The Kier molecular flexibility index (Phi) is 4.03. The Morgan fingerprint density at radius 2 is 1.92 bits per heavy atom. The molecule has 1 aliphatic rings. The van der Waals surface area contributed by atoms with Crippen molar-refractivity contribution in [2.24, 2.45) is 5.41 Å². The van der Waals surface area contributed by atoms with Crippen molar-refractivity contribution < 1.29 is 4.79 Å². The molecule has 1 heterocycles. The van der Waals surface area contributed by atoms with Crippen LogP contribution in [0.4, 0.5) is 5.82 Å². The highest BCUT2D eigenvalue weighted by Gasteiger charge is 2.34. The summed E-state index contributed by atoms with van der Waals surface area (Å²) in [5, 5.41) is 2.12. The Bertz CT molecular complexity index is 1000. The van der Waals surface area contributed by atoms with Crippen LogP contribution in [0.1, 0.15) is 48.5 Å². The number of aryl methyl sites for hydroxylation is 1. The first-order valence-electron chi connectivity index (χ1n) is 9.23. The summed E-state index contributed by atoms with van der Waals surface area (Å²) in [5.41, 5.74) is 10.2. The number of hydrogen-bond acceptors (Lipinski definition) is 3. The third-order valence-electron chi connectivity index (χ3n) is 5.76. The number of nitrogen functional groups attached to an aromatic ring is 1. The lowest BCUT2D eigenvalue weighted by atomic mass is 9.67. The minimum atomic E-state index is 0.205. The number of ketones is 1. The van der Waals surface area contributed by atoms with Gasteiger partial charge in [-0.05, 0) is 65.5 Å². The summed E-state index contributed by atoms with van der Waals surface area (Å²) in [5.74, 6) is 0.780. The lowest BCUT2D eigenvalue weighted by molar-refractivity contribution is 0.0816. The van der Waals surface area contributed by atoms with Crippen molar-refractivity contribution >= 4 is 22.4 Å². The second-order valence-electron chi connectivity index (χ2n) is 7.96. The standard InChI is InChI=1S/C23H24N2O/c1-15-4-5-18(21(26)13-23(2)8-3-9-23)11-20(15)17-7-6-16-12-22(24)25-14-19(16)10-17/h4-7,10-12,14H,3,8-9,13H2,1-2H3,(H2,24,25). The number of anilines is 1. The van der Waals surface area contributed by atoms with Crippen LogP contribution in [-0.2, 0) is 0 Å². The topological polar surface area (TPSA) is 56.0 Å². The number of carbonyl (C=O) groups is 1. The minimum absolute atomic E-state index is 0.205. The Morgan fingerprint density at radius 3 is 2.65 bits per heavy atom. The van der Waals surface area contributed by atoms with E-state index in [1.54, 1.807) is 6.20 Å². The number of fused-ring (bicyclic) bond motifs is 1. The van der Waals surface area contributed by atoms with Gasteiger partial charge in [0.25, 0.3) is 0 Å². The van der Waals surface area contributed by atoms with Gasteiger partial charge in [-0.1, -0.05) is 37.6 Å². The van der Waals surface area contributed by atoms with Gasteiger partial charge in [-0.25, -0.2) is 4.98 Å². The van der Waals surface area contributed by atoms with E-state index in [4.69, 9.17) is 5.73 Å². The molecule has 1 aromatic heterocycles. The zero-order valence-corrected chi connectivity index (χ0v) is 15.4. The van der Waals surface area contributed by atoms with Crippen LogP contribution in [0.15, 0.2) is 48.7 Å². The first-order chi connectivity index (χ1) is 12.4. The summed E-state index contributed by atoms with van der Waals surface area (Å²) >= 11 is 0. The number of Topliss-reactive ketones (excluding diaryl/α,β-unsaturated/α-hetero) is 1. The van der Waals surface area contributed by atoms with Crippen LogP contribution in [0.5, 0.6) is 0 Å². The quantitative estimate of drug-likeness (QED) is 0.631. The van der Waals surface area contributed by atoms with Crippen LogP contribution < -0.4 is 5.73 Å². The average molecular weight is 344 g/mol. The van der Waals surface area contributed by atoms with Gasteiger partial charge in [0.05, 0.1) is 0 Å². The summed E-state index contributed by atoms with van der Waals surface area (Å²) < 4.78 is 0. The number of nitrogens with zero attached hydrogens (tertiary/aromatic N) is 1. The second-order valence-corrected chi connectivity index (χ2v) is 7.96. The Morgan fingerprint density at radius 1 is 1.12 bits per heavy atom. The van der Waals surface area contributed by atoms with E-state index in [0.29, 0.717) is 12.2 Å². The van der Waals surface area contributed by atoms with Crippen molar-refractivity contribution in [1.82, 2.24) is 4.98 Å². The van der Waals surface area contributed by atoms with E-state index in [1.807, 2.05) is 18.2 Å². The van der Waals surface area contributed by atoms with Gasteiger partial charge in [0.15, 0.2) is 5.78 Å². The fraction of sp³-hybridized carbons (Fsp3) is 0.304. The molecule has 0 amide bonds. The normalized spacial score (nSPS) is 15.6. The third kappa shape index (κ3) is 3.10. The first-order valence-corrected chi connectivity index (χ1v) is 9.23. The summed E-state index contributed by atoms with van der Waals surface area (Å²) in [4.78, 5) is 17.0. The van der Waals surface area contributed by atoms with Crippen molar-refractivity contribution in [3.05, 3.63) is 59.8 Å². The Balaban J connectivity index is 1.70. The van der Waals surface area contributed by atoms with Gasteiger partial charge >= 0.3 is 0 Å². The molecule has 0 unspecified atom stereocenters. The predicted octanol–water partition coefficient (Wildman–Crippen LogP) is 5.56. The molecular formula is C23H24N2O. The van der Waals surface area contributed by atoms with Gasteiger partial charge < -0.3 is 5.73 Å². The van der Waals surface area contributed by atoms with Crippen LogP contribution in [0.2, 0.25) is 0 Å². The molecule has 0 aliphatic heterocycles. The van der Waals surface area contributed by atoms with Crippen LogP contribution in [0.3, 0.4) is 0 Å². The minimum Gasteiger partial charge on any atom is -0.384 e. The van der Waals surface area contributed by atoms with Crippen LogP contribution in [-0.4, -0.2) is 10.8 Å². The monoisotopic (exact) mass is 344 g/mol. The average Bonchev–Trinajstić information content (AvgIpc) is 2.60. The van der Waals surface area contributed by atoms with E-state index in [1.165, 1.54) is 12.0 Å². The molecule has 1 saturated carbocycles. The Labute approximate surface area is 154 Å². The number of rotatable bonds is 4. The maximum Gasteiger partial charge on any atom is 0.163 e. The molecule has 132 valence electrons. The molecule has 0 spiro atoms. The molecule has 3 nitrogen and oxygen atoms in total. The fourth-order valence-corrected chi connectivity index (χ4v) is 3.88.